The van der Waals surface area contributed by atoms with Gasteiger partial charge < -0.3 is 4.42 Å². The van der Waals surface area contributed by atoms with Gasteiger partial charge in [-0.25, -0.2) is 15.0 Å². The van der Waals surface area contributed by atoms with Crippen LogP contribution in [0.2, 0.25) is 0 Å². The van der Waals surface area contributed by atoms with Crippen LogP contribution in [0, 0.1) is 0 Å². The molecule has 0 saturated heterocycles. The Labute approximate surface area is 292 Å². The van der Waals surface area contributed by atoms with E-state index in [1.807, 2.05) is 65.9 Å². The number of aromatic nitrogens is 3. The zero-order valence-corrected chi connectivity index (χ0v) is 27.6. The minimum Gasteiger partial charge on any atom is -0.456 e. The van der Waals surface area contributed by atoms with Gasteiger partial charge in [0.2, 0.25) is 0 Å². The lowest BCUT2D eigenvalue weighted by atomic mass is 9.95. The molecule has 0 fully saturated rings. The van der Waals surface area contributed by atoms with Crippen LogP contribution in [0.1, 0.15) is 0 Å². The van der Waals surface area contributed by atoms with Gasteiger partial charge in [0.25, 0.3) is 0 Å². The normalized spacial score (nSPS) is 11.6. The Bertz CT molecular complexity index is 2870. The number of thiophene rings is 1. The number of hydrogen-bond acceptors (Lipinski definition) is 5. The highest BCUT2D eigenvalue weighted by atomic mass is 32.1. The van der Waals surface area contributed by atoms with Crippen molar-refractivity contribution in [3.8, 4) is 56.4 Å². The second-order valence-corrected chi connectivity index (χ2v) is 13.5. The first kappa shape index (κ1) is 28.6. The Morgan fingerprint density at radius 1 is 0.360 bits per heavy atom. The average Bonchev–Trinajstić information content (AvgIpc) is 3.76. The van der Waals surface area contributed by atoms with Crippen molar-refractivity contribution in [3.63, 3.8) is 0 Å². The van der Waals surface area contributed by atoms with E-state index in [2.05, 4.69) is 109 Å². The summed E-state index contributed by atoms with van der Waals surface area (Å²) in [6.07, 6.45) is 0. The number of fused-ring (bicyclic) bond motifs is 6. The molecule has 0 N–H and O–H groups in total. The Morgan fingerprint density at radius 3 is 1.78 bits per heavy atom. The van der Waals surface area contributed by atoms with Crippen LogP contribution < -0.4 is 0 Å². The molecule has 0 saturated carbocycles. The molecule has 234 valence electrons. The molecule has 10 rings (SSSR count). The van der Waals surface area contributed by atoms with Crippen molar-refractivity contribution in [1.82, 2.24) is 15.0 Å². The molecule has 0 aliphatic rings. The molecule has 4 nitrogen and oxygen atoms in total. The van der Waals surface area contributed by atoms with E-state index in [9.17, 15) is 0 Å². The predicted octanol–water partition coefficient (Wildman–Crippen LogP) is 12.5. The molecular formula is C45H27N3OS. The zero-order valence-electron chi connectivity index (χ0n) is 26.7. The molecule has 50 heavy (non-hydrogen) atoms. The Morgan fingerprint density at radius 2 is 0.960 bits per heavy atom. The van der Waals surface area contributed by atoms with Crippen LogP contribution in [-0.4, -0.2) is 15.0 Å². The summed E-state index contributed by atoms with van der Waals surface area (Å²) in [6, 6.07) is 56.9. The van der Waals surface area contributed by atoms with Crippen molar-refractivity contribution in [2.24, 2.45) is 0 Å². The van der Waals surface area contributed by atoms with Gasteiger partial charge in [0, 0.05) is 47.6 Å². The van der Waals surface area contributed by atoms with E-state index in [0.29, 0.717) is 17.5 Å². The Hall–Kier alpha value is -6.43. The quantitative estimate of drug-likeness (QED) is 0.185. The standard InChI is InChI=1S/C45H27N3OS/c1-3-12-28(13-4-1)31-24-32(34-18-11-19-38-37-17-8-10-21-41(37)50-42(34)38)26-33(25-31)45-47-43(29-14-5-2-6-15-29)46-44(48-45)30-22-23-36-35-16-7-9-20-39(35)49-40(36)27-30/h1-27H. The minimum atomic E-state index is 0.592. The zero-order chi connectivity index (χ0) is 33.0. The number of rotatable bonds is 5. The number of benzene rings is 7. The average molecular weight is 658 g/mol. The van der Waals surface area contributed by atoms with E-state index in [-0.39, 0.29) is 0 Å². The summed E-state index contributed by atoms with van der Waals surface area (Å²) < 4.78 is 8.81. The Balaban J connectivity index is 1.20. The van der Waals surface area contributed by atoms with Gasteiger partial charge in [-0.15, -0.1) is 11.3 Å². The molecule has 5 heteroatoms. The third kappa shape index (κ3) is 4.87. The summed E-state index contributed by atoms with van der Waals surface area (Å²) in [5.74, 6) is 1.82. The molecule has 3 aromatic heterocycles. The van der Waals surface area contributed by atoms with E-state index in [0.717, 1.165) is 55.3 Å². The fraction of sp³-hybridized carbons (Fsp3) is 0. The molecule has 0 atom stereocenters. The predicted molar refractivity (Wildman–Crippen MR) is 207 cm³/mol. The molecule has 0 amide bonds. The maximum atomic E-state index is 6.26. The summed E-state index contributed by atoms with van der Waals surface area (Å²) in [6.45, 7) is 0. The summed E-state index contributed by atoms with van der Waals surface area (Å²) >= 11 is 1.84. The minimum absolute atomic E-state index is 0.592. The maximum Gasteiger partial charge on any atom is 0.164 e. The molecular weight excluding hydrogens is 631 g/mol. The summed E-state index contributed by atoms with van der Waals surface area (Å²) in [5.41, 5.74) is 8.92. The highest BCUT2D eigenvalue weighted by molar-refractivity contribution is 7.26. The summed E-state index contributed by atoms with van der Waals surface area (Å²) in [7, 11) is 0. The molecule has 0 spiro atoms. The first-order valence-electron chi connectivity index (χ1n) is 16.6. The van der Waals surface area contributed by atoms with Crippen molar-refractivity contribution in [2.45, 2.75) is 0 Å². The van der Waals surface area contributed by atoms with Gasteiger partial charge in [-0.1, -0.05) is 121 Å². The van der Waals surface area contributed by atoms with Crippen LogP contribution in [0.4, 0.5) is 0 Å². The molecule has 0 radical (unpaired) electrons. The maximum absolute atomic E-state index is 6.26. The molecule has 10 aromatic rings. The van der Waals surface area contributed by atoms with E-state index in [4.69, 9.17) is 19.4 Å². The fourth-order valence-electron chi connectivity index (χ4n) is 6.90. The van der Waals surface area contributed by atoms with Gasteiger partial charge >= 0.3 is 0 Å². The van der Waals surface area contributed by atoms with Crippen LogP contribution in [0.5, 0.6) is 0 Å². The second kappa shape index (κ2) is 11.6. The van der Waals surface area contributed by atoms with Crippen molar-refractivity contribution in [3.05, 3.63) is 164 Å². The van der Waals surface area contributed by atoms with Crippen LogP contribution in [0.25, 0.3) is 98.5 Å². The molecule has 0 aliphatic heterocycles. The van der Waals surface area contributed by atoms with E-state index in [1.165, 1.54) is 25.7 Å². The Kier molecular flexibility index (Phi) is 6.64. The van der Waals surface area contributed by atoms with Crippen molar-refractivity contribution in [2.75, 3.05) is 0 Å². The van der Waals surface area contributed by atoms with Gasteiger partial charge in [0.1, 0.15) is 11.2 Å². The van der Waals surface area contributed by atoms with Gasteiger partial charge in [-0.2, -0.15) is 0 Å². The van der Waals surface area contributed by atoms with Gasteiger partial charge in [0.05, 0.1) is 0 Å². The fourth-order valence-corrected chi connectivity index (χ4v) is 8.14. The summed E-state index contributed by atoms with van der Waals surface area (Å²) in [5, 5.41) is 4.71. The second-order valence-electron chi connectivity index (χ2n) is 12.4. The molecule has 0 bridgehead atoms. The highest BCUT2D eigenvalue weighted by Gasteiger charge is 2.18. The number of para-hydroxylation sites is 1. The van der Waals surface area contributed by atoms with E-state index in [1.54, 1.807) is 0 Å². The van der Waals surface area contributed by atoms with Gasteiger partial charge in [-0.05, 0) is 64.7 Å². The SMILES string of the molecule is c1ccc(-c2cc(-c3nc(-c4ccccc4)nc(-c4ccc5c(c4)oc4ccccc45)n3)cc(-c3cccc4c3sc3ccccc34)c2)cc1. The lowest BCUT2D eigenvalue weighted by molar-refractivity contribution is 0.669. The number of nitrogens with zero attached hydrogens (tertiary/aromatic N) is 3. The topological polar surface area (TPSA) is 51.8 Å². The number of hydrogen-bond donors (Lipinski definition) is 0. The van der Waals surface area contributed by atoms with Crippen LogP contribution >= 0.6 is 11.3 Å². The molecule has 0 unspecified atom stereocenters. The van der Waals surface area contributed by atoms with Crippen molar-refractivity contribution in [1.29, 1.82) is 0 Å². The van der Waals surface area contributed by atoms with Gasteiger partial charge in [0.15, 0.2) is 17.5 Å². The van der Waals surface area contributed by atoms with Crippen LogP contribution in [0.15, 0.2) is 168 Å². The molecule has 0 aliphatic carbocycles. The largest absolute Gasteiger partial charge is 0.456 e. The van der Waals surface area contributed by atoms with Crippen molar-refractivity contribution >= 4 is 53.4 Å². The molecule has 7 aromatic carbocycles. The third-order valence-corrected chi connectivity index (χ3v) is 10.5. The van der Waals surface area contributed by atoms with Gasteiger partial charge in [-0.3, -0.25) is 0 Å². The van der Waals surface area contributed by atoms with E-state index >= 15 is 0 Å². The van der Waals surface area contributed by atoms with Crippen LogP contribution in [0.3, 0.4) is 0 Å². The lowest BCUT2D eigenvalue weighted by Crippen LogP contribution is -2.00. The smallest absolute Gasteiger partial charge is 0.164 e. The first-order chi connectivity index (χ1) is 24.7. The first-order valence-corrected chi connectivity index (χ1v) is 17.4. The lowest BCUT2D eigenvalue weighted by Gasteiger charge is -2.13. The van der Waals surface area contributed by atoms with Crippen molar-refractivity contribution < 1.29 is 4.42 Å². The number of furan rings is 1. The monoisotopic (exact) mass is 657 g/mol. The van der Waals surface area contributed by atoms with Crippen LogP contribution in [-0.2, 0) is 0 Å². The summed E-state index contributed by atoms with van der Waals surface area (Å²) in [4.78, 5) is 15.3. The third-order valence-electron chi connectivity index (χ3n) is 9.32. The van der Waals surface area contributed by atoms with E-state index < -0.39 is 0 Å². The highest BCUT2D eigenvalue weighted by Crippen LogP contribution is 2.42. The molecule has 3 heterocycles.